The first-order valence-electron chi connectivity index (χ1n) is 9.97. The molecule has 0 aliphatic rings. The minimum atomic E-state index is -0.486. The van der Waals surface area contributed by atoms with Crippen molar-refractivity contribution in [3.05, 3.63) is 51.5 Å². The number of amides is 1. The van der Waals surface area contributed by atoms with E-state index in [0.717, 1.165) is 11.1 Å². The maximum atomic E-state index is 12.8. The second-order valence-electron chi connectivity index (χ2n) is 7.00. The highest BCUT2D eigenvalue weighted by Crippen LogP contribution is 2.39. The fourth-order valence-electron chi connectivity index (χ4n) is 3.23. The van der Waals surface area contributed by atoms with Crippen molar-refractivity contribution < 1.29 is 23.8 Å². The maximum absolute atomic E-state index is 12.8. The van der Waals surface area contributed by atoms with Gasteiger partial charge < -0.3 is 19.5 Å². The number of carbonyl (C=O) groups excluding carboxylic acids is 2. The number of hydrogen-bond donors (Lipinski definition) is 1. The summed E-state index contributed by atoms with van der Waals surface area (Å²) in [7, 11) is 5.00. The van der Waals surface area contributed by atoms with E-state index in [0.29, 0.717) is 34.2 Å². The quantitative estimate of drug-likeness (QED) is 0.428. The Hall–Kier alpha value is -2.88. The van der Waals surface area contributed by atoms with E-state index in [9.17, 15) is 9.59 Å². The van der Waals surface area contributed by atoms with Crippen molar-refractivity contribution in [3.8, 4) is 22.6 Å². The molecule has 3 aromatic rings. The van der Waals surface area contributed by atoms with Crippen LogP contribution in [-0.4, -0.2) is 51.2 Å². The van der Waals surface area contributed by atoms with Gasteiger partial charge in [0.2, 0.25) is 5.91 Å². The molecular weight excluding hydrogens is 448 g/mol. The molecule has 0 fully saturated rings. The molecule has 0 saturated heterocycles. The minimum absolute atomic E-state index is 0.196. The summed E-state index contributed by atoms with van der Waals surface area (Å²) in [5, 5.41) is 9.24. The fraction of sp³-hybridized carbons (Fsp3) is 0.304. The standard InChI is InChI=1S/C23H26N2O5S2/c1-5-30-23(27)21-17(16-6-7-18(28-3)19(10-16)29-4)14-32-22(21)24-20(26)12-25(2)11-15-8-9-31-13-15/h6-10,13-14H,5,11-12H2,1-4H3,(H,24,26). The first-order valence-corrected chi connectivity index (χ1v) is 11.8. The maximum Gasteiger partial charge on any atom is 0.341 e. The van der Waals surface area contributed by atoms with E-state index in [-0.39, 0.29) is 19.1 Å². The topological polar surface area (TPSA) is 77.1 Å². The average molecular weight is 475 g/mol. The molecule has 3 rings (SSSR count). The summed E-state index contributed by atoms with van der Waals surface area (Å²) in [6.07, 6.45) is 0. The largest absolute Gasteiger partial charge is 0.493 e. The summed E-state index contributed by atoms with van der Waals surface area (Å²) >= 11 is 2.91. The third-order valence-electron chi connectivity index (χ3n) is 4.66. The monoisotopic (exact) mass is 474 g/mol. The van der Waals surface area contributed by atoms with E-state index < -0.39 is 5.97 Å². The number of likely N-dealkylation sites (N-methyl/N-ethyl adjacent to an activating group) is 1. The van der Waals surface area contributed by atoms with E-state index in [1.54, 1.807) is 44.6 Å². The number of rotatable bonds is 10. The number of hydrogen-bond acceptors (Lipinski definition) is 8. The minimum Gasteiger partial charge on any atom is -0.493 e. The van der Waals surface area contributed by atoms with E-state index in [2.05, 4.69) is 10.7 Å². The van der Waals surface area contributed by atoms with Gasteiger partial charge in [-0.3, -0.25) is 9.69 Å². The van der Waals surface area contributed by atoms with Crippen LogP contribution in [0, 0.1) is 0 Å². The van der Waals surface area contributed by atoms with Crippen LogP contribution in [0.3, 0.4) is 0 Å². The van der Waals surface area contributed by atoms with Gasteiger partial charge in [0.05, 0.1) is 27.4 Å². The van der Waals surface area contributed by atoms with Crippen molar-refractivity contribution in [1.82, 2.24) is 4.90 Å². The number of benzene rings is 1. The van der Waals surface area contributed by atoms with Crippen LogP contribution in [0.1, 0.15) is 22.8 Å². The first-order chi connectivity index (χ1) is 15.5. The highest BCUT2D eigenvalue weighted by Gasteiger charge is 2.24. The zero-order chi connectivity index (χ0) is 23.1. The predicted molar refractivity (Wildman–Crippen MR) is 128 cm³/mol. The van der Waals surface area contributed by atoms with Crippen molar-refractivity contribution in [3.63, 3.8) is 0 Å². The molecule has 2 heterocycles. The first kappa shape index (κ1) is 23.8. The van der Waals surface area contributed by atoms with Crippen LogP contribution >= 0.6 is 22.7 Å². The van der Waals surface area contributed by atoms with E-state index in [1.807, 2.05) is 34.8 Å². The number of nitrogens with zero attached hydrogens (tertiary/aromatic N) is 1. The zero-order valence-electron chi connectivity index (χ0n) is 18.5. The number of anilines is 1. The van der Waals surface area contributed by atoms with Crippen LogP contribution in [-0.2, 0) is 16.1 Å². The lowest BCUT2D eigenvalue weighted by Crippen LogP contribution is -2.30. The summed E-state index contributed by atoms with van der Waals surface area (Å²) in [5.41, 5.74) is 2.91. The van der Waals surface area contributed by atoms with Gasteiger partial charge in [-0.25, -0.2) is 4.79 Å². The summed E-state index contributed by atoms with van der Waals surface area (Å²) < 4.78 is 16.0. The molecule has 0 atom stereocenters. The van der Waals surface area contributed by atoms with Crippen molar-refractivity contribution >= 4 is 39.6 Å². The lowest BCUT2D eigenvalue weighted by molar-refractivity contribution is -0.117. The predicted octanol–water partition coefficient (Wildman–Crippen LogP) is 4.74. The molecule has 0 aliphatic heterocycles. The Balaban J connectivity index is 1.84. The molecule has 170 valence electrons. The fourth-order valence-corrected chi connectivity index (χ4v) is 4.87. The van der Waals surface area contributed by atoms with Crippen molar-refractivity contribution in [2.75, 3.05) is 39.7 Å². The number of ether oxygens (including phenoxy) is 3. The summed E-state index contributed by atoms with van der Waals surface area (Å²) in [6.45, 7) is 2.85. The van der Waals surface area contributed by atoms with E-state index in [1.165, 1.54) is 11.3 Å². The highest BCUT2D eigenvalue weighted by molar-refractivity contribution is 7.15. The highest BCUT2D eigenvalue weighted by atomic mass is 32.1. The zero-order valence-corrected chi connectivity index (χ0v) is 20.1. The number of nitrogens with one attached hydrogen (secondary N) is 1. The Morgan fingerprint density at radius 1 is 1.09 bits per heavy atom. The molecule has 32 heavy (non-hydrogen) atoms. The molecule has 1 amide bonds. The third kappa shape index (κ3) is 5.67. The molecule has 7 nitrogen and oxygen atoms in total. The molecule has 9 heteroatoms. The second kappa shape index (κ2) is 11.1. The summed E-state index contributed by atoms with van der Waals surface area (Å²) in [6, 6.07) is 7.45. The van der Waals surface area contributed by atoms with Crippen LogP contribution in [0.5, 0.6) is 11.5 Å². The molecule has 0 saturated carbocycles. The molecule has 2 aromatic heterocycles. The Morgan fingerprint density at radius 2 is 1.88 bits per heavy atom. The molecule has 1 aromatic carbocycles. The number of methoxy groups -OCH3 is 2. The van der Waals surface area contributed by atoms with Crippen molar-refractivity contribution in [2.45, 2.75) is 13.5 Å². The molecule has 0 aliphatic carbocycles. The average Bonchev–Trinajstić information content (AvgIpc) is 3.43. The van der Waals surface area contributed by atoms with Gasteiger partial charge in [0.15, 0.2) is 11.5 Å². The molecule has 1 N–H and O–H groups in total. The van der Waals surface area contributed by atoms with Crippen molar-refractivity contribution in [2.24, 2.45) is 0 Å². The lowest BCUT2D eigenvalue weighted by atomic mass is 10.0. The molecule has 0 spiro atoms. The van der Waals surface area contributed by atoms with E-state index in [4.69, 9.17) is 14.2 Å². The van der Waals surface area contributed by atoms with Crippen LogP contribution in [0.4, 0.5) is 5.00 Å². The third-order valence-corrected chi connectivity index (χ3v) is 6.29. The van der Waals surface area contributed by atoms with Gasteiger partial charge in [0.25, 0.3) is 0 Å². The number of esters is 1. The van der Waals surface area contributed by atoms with Crippen LogP contribution in [0.2, 0.25) is 0 Å². The van der Waals surface area contributed by atoms with E-state index >= 15 is 0 Å². The van der Waals surface area contributed by atoms with Gasteiger partial charge in [-0.05, 0) is 54.1 Å². The molecule has 0 radical (unpaired) electrons. The smallest absolute Gasteiger partial charge is 0.341 e. The molecular formula is C23H26N2O5S2. The van der Waals surface area contributed by atoms with Gasteiger partial charge in [0, 0.05) is 17.5 Å². The van der Waals surface area contributed by atoms with Gasteiger partial charge in [-0.15, -0.1) is 11.3 Å². The molecule has 0 unspecified atom stereocenters. The van der Waals surface area contributed by atoms with Crippen LogP contribution in [0.15, 0.2) is 40.4 Å². The summed E-state index contributed by atoms with van der Waals surface area (Å²) in [5.74, 6) is 0.451. The summed E-state index contributed by atoms with van der Waals surface area (Å²) in [4.78, 5) is 27.4. The van der Waals surface area contributed by atoms with Gasteiger partial charge >= 0.3 is 5.97 Å². The Labute approximate surface area is 195 Å². The van der Waals surface area contributed by atoms with Crippen LogP contribution in [0.25, 0.3) is 11.1 Å². The molecule has 0 bridgehead atoms. The van der Waals surface area contributed by atoms with Crippen molar-refractivity contribution in [1.29, 1.82) is 0 Å². The Kier molecular flexibility index (Phi) is 8.26. The Morgan fingerprint density at radius 3 is 2.53 bits per heavy atom. The Bertz CT molecular complexity index is 1060. The van der Waals surface area contributed by atoms with Gasteiger partial charge in [-0.2, -0.15) is 11.3 Å². The normalized spacial score (nSPS) is 10.8. The van der Waals surface area contributed by atoms with Crippen LogP contribution < -0.4 is 14.8 Å². The van der Waals surface area contributed by atoms with Gasteiger partial charge in [-0.1, -0.05) is 6.07 Å². The SMILES string of the molecule is CCOC(=O)c1c(-c2ccc(OC)c(OC)c2)csc1NC(=O)CN(C)Cc1ccsc1. The number of carbonyl (C=O) groups is 2. The lowest BCUT2D eigenvalue weighted by Gasteiger charge is -2.15. The van der Waals surface area contributed by atoms with Gasteiger partial charge in [0.1, 0.15) is 10.6 Å². The second-order valence-corrected chi connectivity index (χ2v) is 8.66. The number of thiophene rings is 2.